The number of rotatable bonds is 10. The number of amides is 2. The number of carbonyl (C=O) groups excluding carboxylic acids is 2. The molecule has 0 fully saturated rings. The Balaban J connectivity index is 1.35. The van der Waals surface area contributed by atoms with Gasteiger partial charge < -0.3 is 24.3 Å². The maximum absolute atomic E-state index is 12.8. The highest BCUT2D eigenvalue weighted by atomic mass is 16.7. The first-order valence-electron chi connectivity index (χ1n) is 12.2. The minimum Gasteiger partial charge on any atom is -0.493 e. The maximum Gasteiger partial charge on any atom is 0.262 e. The van der Waals surface area contributed by atoms with E-state index >= 15 is 0 Å². The molecule has 9 nitrogen and oxygen atoms in total. The highest BCUT2D eigenvalue weighted by Crippen LogP contribution is 2.32. The second kappa shape index (κ2) is 12.1. The summed E-state index contributed by atoms with van der Waals surface area (Å²) in [5.74, 6) is 1.21. The van der Waals surface area contributed by atoms with E-state index in [-0.39, 0.29) is 12.7 Å². The summed E-state index contributed by atoms with van der Waals surface area (Å²) < 4.78 is 22.0. The molecular weight excluding hydrogens is 486 g/mol. The van der Waals surface area contributed by atoms with Crippen LogP contribution in [0.25, 0.3) is 0 Å². The van der Waals surface area contributed by atoms with Crippen LogP contribution in [0.4, 0.5) is 0 Å². The van der Waals surface area contributed by atoms with E-state index in [0.717, 1.165) is 5.56 Å². The first-order chi connectivity index (χ1) is 18.3. The lowest BCUT2D eigenvalue weighted by Crippen LogP contribution is -2.48. The fourth-order valence-corrected chi connectivity index (χ4v) is 3.77. The second-order valence-electron chi connectivity index (χ2n) is 9.18. The Morgan fingerprint density at radius 2 is 1.76 bits per heavy atom. The van der Waals surface area contributed by atoms with Crippen molar-refractivity contribution in [2.45, 2.75) is 33.4 Å². The van der Waals surface area contributed by atoms with Crippen LogP contribution in [0.5, 0.6) is 23.0 Å². The number of hydrazone groups is 1. The third-order valence-corrected chi connectivity index (χ3v) is 5.96. The molecule has 0 aliphatic carbocycles. The van der Waals surface area contributed by atoms with Crippen LogP contribution in [-0.4, -0.2) is 38.0 Å². The zero-order valence-corrected chi connectivity index (χ0v) is 21.8. The molecule has 1 atom stereocenters. The molecule has 0 aromatic heterocycles. The monoisotopic (exact) mass is 517 g/mol. The lowest BCUT2D eigenvalue weighted by molar-refractivity contribution is -0.123. The number of ether oxygens (including phenoxy) is 4. The minimum absolute atomic E-state index is 0.116. The maximum atomic E-state index is 12.8. The van der Waals surface area contributed by atoms with Gasteiger partial charge in [-0.1, -0.05) is 43.7 Å². The summed E-state index contributed by atoms with van der Waals surface area (Å²) in [7, 11) is 1.56. The van der Waals surface area contributed by atoms with Gasteiger partial charge >= 0.3 is 0 Å². The molecule has 0 bridgehead atoms. The molecule has 9 heteroatoms. The van der Waals surface area contributed by atoms with E-state index in [1.807, 2.05) is 51.1 Å². The van der Waals surface area contributed by atoms with Gasteiger partial charge in [0.15, 0.2) is 23.0 Å². The molecule has 198 valence electrons. The van der Waals surface area contributed by atoms with Gasteiger partial charge in [0, 0.05) is 5.56 Å². The number of nitrogens with zero attached hydrogens (tertiary/aromatic N) is 1. The standard InChI is InChI=1S/C29H31N3O6/c1-18(2)27(31-28(33)22-10-12-24-26(14-22)38-17-37-24)29(34)32-30-15-21-9-11-23(25(13-21)35-4)36-16-20-7-5-19(3)6-8-20/h5-15,18,27H,16-17H2,1-4H3,(H,31,33)(H,32,34). The molecule has 0 radical (unpaired) electrons. The second-order valence-corrected chi connectivity index (χ2v) is 9.18. The largest absolute Gasteiger partial charge is 0.493 e. The summed E-state index contributed by atoms with van der Waals surface area (Å²) in [4.78, 5) is 25.6. The van der Waals surface area contributed by atoms with Crippen molar-refractivity contribution in [2.75, 3.05) is 13.9 Å². The quantitative estimate of drug-likeness (QED) is 0.308. The molecule has 1 heterocycles. The van der Waals surface area contributed by atoms with E-state index in [0.29, 0.717) is 40.7 Å². The van der Waals surface area contributed by atoms with E-state index in [1.165, 1.54) is 11.8 Å². The molecule has 0 saturated carbocycles. The highest BCUT2D eigenvalue weighted by molar-refractivity contribution is 5.98. The van der Waals surface area contributed by atoms with Crippen LogP contribution in [0.1, 0.15) is 40.9 Å². The van der Waals surface area contributed by atoms with Crippen LogP contribution < -0.4 is 29.7 Å². The lowest BCUT2D eigenvalue weighted by atomic mass is 10.0. The summed E-state index contributed by atoms with van der Waals surface area (Å²) >= 11 is 0. The highest BCUT2D eigenvalue weighted by Gasteiger charge is 2.25. The molecule has 4 rings (SSSR count). The van der Waals surface area contributed by atoms with Gasteiger partial charge in [0.2, 0.25) is 6.79 Å². The smallest absolute Gasteiger partial charge is 0.262 e. The predicted octanol–water partition coefficient (Wildman–Crippen LogP) is 4.22. The Labute approximate surface area is 221 Å². The number of methoxy groups -OCH3 is 1. The summed E-state index contributed by atoms with van der Waals surface area (Å²) in [6, 6.07) is 17.6. The summed E-state index contributed by atoms with van der Waals surface area (Å²) in [5.41, 5.74) is 5.83. The zero-order valence-electron chi connectivity index (χ0n) is 21.8. The van der Waals surface area contributed by atoms with Crippen LogP contribution in [-0.2, 0) is 11.4 Å². The topological polar surface area (TPSA) is 107 Å². The third-order valence-electron chi connectivity index (χ3n) is 5.96. The van der Waals surface area contributed by atoms with E-state index in [9.17, 15) is 9.59 Å². The Morgan fingerprint density at radius 3 is 2.50 bits per heavy atom. The van der Waals surface area contributed by atoms with E-state index < -0.39 is 17.9 Å². The average Bonchev–Trinajstić information content (AvgIpc) is 3.39. The summed E-state index contributed by atoms with van der Waals surface area (Å²) in [6.07, 6.45) is 1.50. The molecule has 0 spiro atoms. The van der Waals surface area contributed by atoms with Crippen LogP contribution in [0.2, 0.25) is 0 Å². The fraction of sp³-hybridized carbons (Fsp3) is 0.276. The lowest BCUT2D eigenvalue weighted by Gasteiger charge is -2.20. The molecule has 0 saturated heterocycles. The SMILES string of the molecule is COc1cc(C=NNC(=O)C(NC(=O)c2ccc3c(c2)OCO3)C(C)C)ccc1OCc1ccc(C)cc1. The van der Waals surface area contributed by atoms with Gasteiger partial charge in [-0.05, 0) is 60.4 Å². The first kappa shape index (κ1) is 26.5. The molecule has 1 unspecified atom stereocenters. The molecule has 1 aliphatic heterocycles. The van der Waals surface area contributed by atoms with Crippen LogP contribution in [0.15, 0.2) is 65.8 Å². The van der Waals surface area contributed by atoms with Crippen molar-refractivity contribution in [1.82, 2.24) is 10.7 Å². The molecule has 2 amide bonds. The predicted molar refractivity (Wildman–Crippen MR) is 143 cm³/mol. The van der Waals surface area contributed by atoms with Gasteiger partial charge in [-0.15, -0.1) is 0 Å². The summed E-state index contributed by atoms with van der Waals surface area (Å²) in [5, 5.41) is 6.84. The first-order valence-corrected chi connectivity index (χ1v) is 12.2. The van der Waals surface area contributed by atoms with Crippen LogP contribution in [0.3, 0.4) is 0 Å². The molecule has 2 N–H and O–H groups in total. The Kier molecular flexibility index (Phi) is 8.47. The minimum atomic E-state index is -0.794. The van der Waals surface area contributed by atoms with Gasteiger partial charge in [-0.3, -0.25) is 9.59 Å². The number of nitrogens with one attached hydrogen (secondary N) is 2. The number of aryl methyl sites for hydroxylation is 1. The van der Waals surface area contributed by atoms with Gasteiger partial charge in [-0.2, -0.15) is 5.10 Å². The summed E-state index contributed by atoms with van der Waals surface area (Å²) in [6.45, 7) is 6.25. The Morgan fingerprint density at radius 1 is 1.00 bits per heavy atom. The molecule has 3 aromatic rings. The number of carbonyl (C=O) groups is 2. The van der Waals surface area contributed by atoms with Crippen LogP contribution >= 0.6 is 0 Å². The average molecular weight is 518 g/mol. The van der Waals surface area contributed by atoms with Crippen molar-refractivity contribution in [2.24, 2.45) is 11.0 Å². The molecule has 3 aromatic carbocycles. The van der Waals surface area contributed by atoms with Crippen molar-refractivity contribution in [1.29, 1.82) is 0 Å². The fourth-order valence-electron chi connectivity index (χ4n) is 3.77. The van der Waals surface area contributed by atoms with Gasteiger partial charge in [-0.25, -0.2) is 5.43 Å². The van der Waals surface area contributed by atoms with E-state index in [2.05, 4.69) is 15.8 Å². The van der Waals surface area contributed by atoms with Crippen LogP contribution in [0, 0.1) is 12.8 Å². The molecule has 38 heavy (non-hydrogen) atoms. The Bertz CT molecular complexity index is 1320. The van der Waals surface area contributed by atoms with Crippen molar-refractivity contribution in [3.05, 3.63) is 82.9 Å². The Hall–Kier alpha value is -4.53. The number of hydrogen-bond acceptors (Lipinski definition) is 7. The third kappa shape index (κ3) is 6.61. The van der Waals surface area contributed by atoms with E-state index in [1.54, 1.807) is 37.4 Å². The normalized spacial score (nSPS) is 12.9. The van der Waals surface area contributed by atoms with E-state index in [4.69, 9.17) is 18.9 Å². The van der Waals surface area contributed by atoms with Crippen molar-refractivity contribution < 1.29 is 28.5 Å². The number of fused-ring (bicyclic) bond motifs is 1. The van der Waals surface area contributed by atoms with Gasteiger partial charge in [0.25, 0.3) is 11.8 Å². The zero-order chi connectivity index (χ0) is 27.1. The van der Waals surface area contributed by atoms with Gasteiger partial charge in [0.05, 0.1) is 13.3 Å². The molecular formula is C29H31N3O6. The number of hydrogen-bond donors (Lipinski definition) is 2. The number of benzene rings is 3. The van der Waals surface area contributed by atoms with Gasteiger partial charge in [0.1, 0.15) is 12.6 Å². The van der Waals surface area contributed by atoms with Crippen molar-refractivity contribution >= 4 is 18.0 Å². The molecule has 1 aliphatic rings. The van der Waals surface area contributed by atoms with Crippen molar-refractivity contribution in [3.63, 3.8) is 0 Å². The van der Waals surface area contributed by atoms with Crippen molar-refractivity contribution in [3.8, 4) is 23.0 Å².